The van der Waals surface area contributed by atoms with Gasteiger partial charge in [0.15, 0.2) is 0 Å². The lowest BCUT2D eigenvalue weighted by Crippen LogP contribution is -2.46. The van der Waals surface area contributed by atoms with Gasteiger partial charge >= 0.3 is 0 Å². The Labute approximate surface area is 179 Å². The zero-order valence-corrected chi connectivity index (χ0v) is 19.9. The van der Waals surface area contributed by atoms with E-state index in [2.05, 4.69) is 53.7 Å². The van der Waals surface area contributed by atoms with Gasteiger partial charge in [-0.25, -0.2) is 0 Å². The summed E-state index contributed by atoms with van der Waals surface area (Å²) in [6, 6.07) is 0. The van der Waals surface area contributed by atoms with Gasteiger partial charge in [-0.1, -0.05) is 55.2 Å². The molecule has 4 aliphatic rings. The van der Waals surface area contributed by atoms with Crippen LogP contribution in [0.5, 0.6) is 0 Å². The number of hydrogen-bond donors (Lipinski definition) is 1. The van der Waals surface area contributed by atoms with Gasteiger partial charge in [-0.15, -0.1) is 0 Å². The maximum absolute atomic E-state index is 10.2. The van der Waals surface area contributed by atoms with Gasteiger partial charge in [0.2, 0.25) is 0 Å². The van der Waals surface area contributed by atoms with Crippen LogP contribution in [0.2, 0.25) is 0 Å². The average molecular weight is 397 g/mol. The minimum absolute atomic E-state index is 0.112. The van der Waals surface area contributed by atoms with Crippen molar-refractivity contribution in [2.45, 2.75) is 105 Å². The lowest BCUT2D eigenvalue weighted by molar-refractivity contribution is 0.0327. The molecule has 1 N–H and O–H groups in total. The summed E-state index contributed by atoms with van der Waals surface area (Å²) in [7, 11) is 0. The van der Waals surface area contributed by atoms with E-state index in [9.17, 15) is 5.11 Å². The summed E-state index contributed by atoms with van der Waals surface area (Å²) < 4.78 is 0. The predicted octanol–water partition coefficient (Wildman–Crippen LogP) is 7.62. The molecule has 0 heterocycles. The maximum Gasteiger partial charge on any atom is 0.0578 e. The highest BCUT2D eigenvalue weighted by Gasteiger charge is 2.56. The van der Waals surface area contributed by atoms with E-state index in [-0.39, 0.29) is 6.10 Å². The highest BCUT2D eigenvalue weighted by Crippen LogP contribution is 2.66. The zero-order valence-electron chi connectivity index (χ0n) is 19.9. The molecular formula is C28H44O. The molecule has 0 aliphatic heterocycles. The van der Waals surface area contributed by atoms with E-state index in [1.54, 1.807) is 11.1 Å². The fourth-order valence-electron chi connectivity index (χ4n) is 7.85. The molecule has 4 rings (SSSR count). The van der Waals surface area contributed by atoms with Crippen LogP contribution in [-0.4, -0.2) is 11.2 Å². The van der Waals surface area contributed by atoms with E-state index in [1.807, 2.05) is 0 Å². The molecule has 1 nitrogen and oxygen atoms in total. The van der Waals surface area contributed by atoms with Gasteiger partial charge in [-0.3, -0.25) is 0 Å². The Balaban J connectivity index is 1.54. The first-order valence-corrected chi connectivity index (χ1v) is 12.4. The van der Waals surface area contributed by atoms with E-state index >= 15 is 0 Å². The van der Waals surface area contributed by atoms with E-state index in [0.29, 0.717) is 10.8 Å². The normalized spacial score (nSPS) is 42.2. The van der Waals surface area contributed by atoms with E-state index in [4.69, 9.17) is 0 Å². The molecule has 0 aromatic rings. The monoisotopic (exact) mass is 396 g/mol. The summed E-state index contributed by atoms with van der Waals surface area (Å²) in [4.78, 5) is 0. The molecule has 0 bridgehead atoms. The predicted molar refractivity (Wildman–Crippen MR) is 124 cm³/mol. The Hall–Kier alpha value is -0.820. The molecule has 1 unspecified atom stereocenters. The number of aliphatic hydroxyl groups is 1. The topological polar surface area (TPSA) is 20.2 Å². The van der Waals surface area contributed by atoms with Crippen molar-refractivity contribution in [3.8, 4) is 0 Å². The van der Waals surface area contributed by atoms with Gasteiger partial charge < -0.3 is 5.11 Å². The molecule has 0 aromatic heterocycles. The van der Waals surface area contributed by atoms with Crippen molar-refractivity contribution in [1.82, 2.24) is 0 Å². The van der Waals surface area contributed by atoms with Gasteiger partial charge in [0.25, 0.3) is 0 Å². The van der Waals surface area contributed by atoms with Crippen molar-refractivity contribution < 1.29 is 5.11 Å². The van der Waals surface area contributed by atoms with Crippen molar-refractivity contribution in [3.63, 3.8) is 0 Å². The molecule has 7 atom stereocenters. The van der Waals surface area contributed by atoms with Crippen molar-refractivity contribution in [3.05, 3.63) is 34.4 Å². The van der Waals surface area contributed by atoms with Crippen LogP contribution in [0.25, 0.3) is 0 Å². The molecule has 0 aromatic carbocycles. The molecule has 0 amide bonds. The van der Waals surface area contributed by atoms with Gasteiger partial charge in [0.05, 0.1) is 6.10 Å². The molecule has 0 saturated heterocycles. The van der Waals surface area contributed by atoms with Crippen LogP contribution in [0.1, 0.15) is 99.3 Å². The summed E-state index contributed by atoms with van der Waals surface area (Å²) in [5, 5.41) is 10.2. The minimum Gasteiger partial charge on any atom is -0.393 e. The van der Waals surface area contributed by atoms with Crippen LogP contribution in [0.4, 0.5) is 0 Å². The third-order valence-electron chi connectivity index (χ3n) is 10.1. The maximum atomic E-state index is 10.2. The van der Waals surface area contributed by atoms with Crippen LogP contribution in [-0.2, 0) is 0 Å². The second-order valence-corrected chi connectivity index (χ2v) is 11.8. The molecule has 0 spiro atoms. The van der Waals surface area contributed by atoms with Gasteiger partial charge in [0, 0.05) is 0 Å². The Morgan fingerprint density at radius 1 is 1.03 bits per heavy atom. The Bertz CT molecular complexity index is 735. The first-order chi connectivity index (χ1) is 13.7. The lowest BCUT2D eigenvalue weighted by atomic mass is 9.50. The first kappa shape index (κ1) is 21.4. The molecule has 3 fully saturated rings. The third kappa shape index (κ3) is 3.50. The highest BCUT2D eigenvalue weighted by atomic mass is 16.3. The van der Waals surface area contributed by atoms with E-state index < -0.39 is 0 Å². The lowest BCUT2D eigenvalue weighted by Gasteiger charge is -2.55. The first-order valence-electron chi connectivity index (χ1n) is 12.4. The molecule has 3 saturated carbocycles. The summed E-state index contributed by atoms with van der Waals surface area (Å²) in [6.45, 7) is 14.5. The molecule has 4 aliphatic carbocycles. The number of fused-ring (bicyclic) bond motifs is 5. The van der Waals surface area contributed by atoms with Crippen LogP contribution in [0.15, 0.2) is 34.4 Å². The van der Waals surface area contributed by atoms with Crippen molar-refractivity contribution in [2.24, 2.45) is 34.5 Å². The van der Waals surface area contributed by atoms with Crippen molar-refractivity contribution in [1.29, 1.82) is 0 Å². The van der Waals surface area contributed by atoms with Crippen LogP contribution < -0.4 is 0 Å². The molecule has 1 heteroatoms. The van der Waals surface area contributed by atoms with Gasteiger partial charge in [-0.2, -0.15) is 0 Å². The number of allylic oxidation sites excluding steroid dienone is 5. The SMILES string of the molecule is CC(C)=C(C)CC[C@@H](C)[C@H]1CC[C@H]2C3=CC=C4CC(O)CC[C@]4(C)[C@H]3CC[C@]12C. The molecule has 0 radical (unpaired) electrons. The highest BCUT2D eigenvalue weighted by molar-refractivity contribution is 5.38. The summed E-state index contributed by atoms with van der Waals surface area (Å²) in [6.07, 6.45) is 16.1. The third-order valence-corrected chi connectivity index (χ3v) is 10.1. The summed E-state index contributed by atoms with van der Waals surface area (Å²) in [5.74, 6) is 3.23. The fourth-order valence-corrected chi connectivity index (χ4v) is 7.85. The second-order valence-electron chi connectivity index (χ2n) is 11.8. The van der Waals surface area contributed by atoms with E-state index in [1.165, 1.54) is 56.1 Å². The Morgan fingerprint density at radius 2 is 1.79 bits per heavy atom. The smallest absolute Gasteiger partial charge is 0.0578 e. The molecule has 162 valence electrons. The number of rotatable bonds is 4. The number of hydrogen-bond acceptors (Lipinski definition) is 1. The largest absolute Gasteiger partial charge is 0.393 e. The van der Waals surface area contributed by atoms with Crippen LogP contribution in [0, 0.1) is 34.5 Å². The average Bonchev–Trinajstić information content (AvgIpc) is 3.03. The Morgan fingerprint density at radius 3 is 2.52 bits per heavy atom. The van der Waals surface area contributed by atoms with E-state index in [0.717, 1.165) is 36.5 Å². The van der Waals surface area contributed by atoms with Crippen molar-refractivity contribution in [2.75, 3.05) is 0 Å². The summed E-state index contributed by atoms with van der Waals surface area (Å²) >= 11 is 0. The van der Waals surface area contributed by atoms with Gasteiger partial charge in [0.1, 0.15) is 0 Å². The molecular weight excluding hydrogens is 352 g/mol. The van der Waals surface area contributed by atoms with Gasteiger partial charge in [-0.05, 0) is 113 Å². The van der Waals surface area contributed by atoms with Crippen LogP contribution >= 0.6 is 0 Å². The van der Waals surface area contributed by atoms with Crippen molar-refractivity contribution >= 4 is 0 Å². The quantitative estimate of drug-likeness (QED) is 0.484. The molecule has 29 heavy (non-hydrogen) atoms. The van der Waals surface area contributed by atoms with Crippen LogP contribution in [0.3, 0.4) is 0 Å². The summed E-state index contributed by atoms with van der Waals surface area (Å²) in [5.41, 5.74) is 7.24. The number of aliphatic hydroxyl groups excluding tert-OH is 1. The standard InChI is InChI=1S/C28H44O/c1-18(2)19(3)7-8-20(4)24-11-12-25-23-10-9-21-17-22(29)13-15-27(21,5)26(23)14-16-28(24,25)6/h9-10,20,22,24-26,29H,7-8,11-17H2,1-6H3/t20-,22?,24-,25+,26+,27+,28-/m1/s1. The Kier molecular flexibility index (Phi) is 5.69. The fraction of sp³-hybridized carbons (Fsp3) is 0.786. The second kappa shape index (κ2) is 7.70. The minimum atomic E-state index is -0.112. The zero-order chi connectivity index (χ0) is 21.0.